The van der Waals surface area contributed by atoms with E-state index in [2.05, 4.69) is 17.9 Å². The van der Waals surface area contributed by atoms with Crippen LogP contribution in [-0.2, 0) is 11.2 Å². The van der Waals surface area contributed by atoms with Crippen molar-refractivity contribution in [3.63, 3.8) is 0 Å². The molecule has 3 aromatic rings. The zero-order valence-corrected chi connectivity index (χ0v) is 16.9. The Morgan fingerprint density at radius 3 is 2.54 bits per heavy atom. The molecule has 0 bridgehead atoms. The Morgan fingerprint density at radius 2 is 1.82 bits per heavy atom. The van der Waals surface area contributed by atoms with Crippen LogP contribution in [0.3, 0.4) is 0 Å². The first-order valence-corrected chi connectivity index (χ1v) is 9.39. The molecule has 0 heterocycles. The highest BCUT2D eigenvalue weighted by molar-refractivity contribution is 7.80. The molecule has 1 amide bonds. The van der Waals surface area contributed by atoms with Crippen molar-refractivity contribution in [2.75, 3.05) is 5.32 Å². The summed E-state index contributed by atoms with van der Waals surface area (Å²) < 4.78 is 5.78. The number of hydrogen-bond acceptors (Lipinski definition) is 4. The fourth-order valence-corrected chi connectivity index (χ4v) is 3.01. The highest BCUT2D eigenvalue weighted by atomic mass is 35.5. The van der Waals surface area contributed by atoms with Crippen LogP contribution in [0, 0.1) is 11.3 Å². The van der Waals surface area contributed by atoms with Crippen LogP contribution < -0.4 is 10.1 Å². The van der Waals surface area contributed by atoms with Crippen molar-refractivity contribution in [2.24, 2.45) is 0 Å². The van der Waals surface area contributed by atoms with Crippen molar-refractivity contribution in [2.45, 2.75) is 11.3 Å². The molecule has 0 saturated carbocycles. The molecule has 140 valence electrons. The van der Waals surface area contributed by atoms with Crippen molar-refractivity contribution in [1.82, 2.24) is 0 Å². The fraction of sp³-hybridized carbons (Fsp3) is 0.0476. The number of amides is 1. The number of carbonyl (C=O) groups is 1. The van der Waals surface area contributed by atoms with Crippen molar-refractivity contribution in [3.8, 4) is 17.6 Å². The van der Waals surface area contributed by atoms with Gasteiger partial charge in [-0.05, 0) is 60.2 Å². The van der Waals surface area contributed by atoms with E-state index < -0.39 is 0 Å². The second-order valence-corrected chi connectivity index (χ2v) is 7.29. The maximum absolute atomic E-state index is 12.3. The highest BCUT2D eigenvalue weighted by Crippen LogP contribution is 2.32. The van der Waals surface area contributed by atoms with Crippen LogP contribution >= 0.6 is 35.8 Å². The molecule has 0 aromatic heterocycles. The molecule has 0 aliphatic carbocycles. The Morgan fingerprint density at radius 1 is 1.07 bits per heavy atom. The van der Waals surface area contributed by atoms with Gasteiger partial charge in [-0.3, -0.25) is 4.79 Å². The number of nitriles is 1. The van der Waals surface area contributed by atoms with Crippen molar-refractivity contribution in [1.29, 1.82) is 5.26 Å². The molecule has 0 saturated heterocycles. The summed E-state index contributed by atoms with van der Waals surface area (Å²) in [6.45, 7) is 0. The molecular formula is C21H14Cl2N2O2S. The topological polar surface area (TPSA) is 62.1 Å². The number of benzene rings is 3. The molecule has 0 aliphatic heterocycles. The van der Waals surface area contributed by atoms with Gasteiger partial charge in [-0.1, -0.05) is 29.3 Å². The summed E-state index contributed by atoms with van der Waals surface area (Å²) in [4.78, 5) is 13.1. The van der Waals surface area contributed by atoms with E-state index in [1.165, 1.54) is 6.07 Å². The maximum atomic E-state index is 12.3. The third-order valence-electron chi connectivity index (χ3n) is 3.74. The molecule has 0 atom stereocenters. The number of carbonyl (C=O) groups excluding carboxylic acids is 1. The third kappa shape index (κ3) is 5.43. The minimum atomic E-state index is -0.172. The molecule has 0 aliphatic rings. The summed E-state index contributed by atoms with van der Waals surface area (Å²) in [5.41, 5.74) is 1.79. The lowest BCUT2D eigenvalue weighted by Gasteiger charge is -2.11. The summed E-state index contributed by atoms with van der Waals surface area (Å²) in [7, 11) is 0. The average Bonchev–Trinajstić information content (AvgIpc) is 2.66. The van der Waals surface area contributed by atoms with E-state index in [-0.39, 0.29) is 12.3 Å². The fourth-order valence-electron chi connectivity index (χ4n) is 2.48. The van der Waals surface area contributed by atoms with Gasteiger partial charge in [-0.25, -0.2) is 0 Å². The van der Waals surface area contributed by atoms with Gasteiger partial charge in [0.05, 0.1) is 23.1 Å². The Balaban J connectivity index is 1.74. The Labute approximate surface area is 178 Å². The minimum Gasteiger partial charge on any atom is -0.456 e. The predicted molar refractivity (Wildman–Crippen MR) is 114 cm³/mol. The van der Waals surface area contributed by atoms with Crippen LogP contribution in [0.4, 0.5) is 5.69 Å². The van der Waals surface area contributed by atoms with E-state index in [0.29, 0.717) is 32.8 Å². The molecule has 0 spiro atoms. The van der Waals surface area contributed by atoms with Gasteiger partial charge in [0.2, 0.25) is 5.91 Å². The van der Waals surface area contributed by atoms with E-state index >= 15 is 0 Å². The van der Waals surface area contributed by atoms with E-state index in [4.69, 9.17) is 33.2 Å². The number of thiol groups is 1. The largest absolute Gasteiger partial charge is 0.456 e. The summed E-state index contributed by atoms with van der Waals surface area (Å²) in [5.74, 6) is 0.589. The predicted octanol–water partition coefficient (Wildman–Crippen LogP) is 6.13. The second-order valence-electron chi connectivity index (χ2n) is 5.93. The Hall–Kier alpha value is -2.65. The normalized spacial score (nSPS) is 10.2. The second kappa shape index (κ2) is 9.03. The summed E-state index contributed by atoms with van der Waals surface area (Å²) in [6.07, 6.45) is 0.148. The van der Waals surface area contributed by atoms with Crippen LogP contribution in [0.1, 0.15) is 11.1 Å². The molecule has 4 nitrogen and oxygen atoms in total. The standard InChI is InChI=1S/C21H14Cl2N2O2S/c22-15-7-14(12-24)8-17(11-15)27-20-9-13(1-6-19(20)23)10-21(26)25-16-2-4-18(28)5-3-16/h1-9,11,28H,10H2,(H,25,26). The first-order valence-electron chi connectivity index (χ1n) is 8.19. The number of anilines is 1. The Bertz CT molecular complexity index is 1060. The molecule has 7 heteroatoms. The average molecular weight is 429 g/mol. The highest BCUT2D eigenvalue weighted by Gasteiger charge is 2.10. The SMILES string of the molecule is N#Cc1cc(Cl)cc(Oc2cc(CC(=O)Nc3ccc(S)cc3)ccc2Cl)c1. The lowest BCUT2D eigenvalue weighted by molar-refractivity contribution is -0.115. The molecule has 3 aromatic carbocycles. The first kappa shape index (κ1) is 20.1. The summed E-state index contributed by atoms with van der Waals surface area (Å²) in [5, 5.41) is 12.6. The zero-order chi connectivity index (χ0) is 20.1. The van der Waals surface area contributed by atoms with Gasteiger partial charge >= 0.3 is 0 Å². The number of ether oxygens (including phenoxy) is 1. The molecule has 0 radical (unpaired) electrons. The van der Waals surface area contributed by atoms with Crippen LogP contribution in [-0.4, -0.2) is 5.91 Å². The number of rotatable bonds is 5. The van der Waals surface area contributed by atoms with E-state index in [9.17, 15) is 4.79 Å². The smallest absolute Gasteiger partial charge is 0.228 e. The van der Waals surface area contributed by atoms with Crippen LogP contribution in [0.15, 0.2) is 65.6 Å². The molecular weight excluding hydrogens is 415 g/mol. The van der Waals surface area contributed by atoms with Crippen molar-refractivity contribution >= 4 is 47.4 Å². The molecule has 28 heavy (non-hydrogen) atoms. The quantitative estimate of drug-likeness (QED) is 0.480. The summed E-state index contributed by atoms with van der Waals surface area (Å²) >= 11 is 16.4. The van der Waals surface area contributed by atoms with Crippen molar-refractivity contribution in [3.05, 3.63) is 81.8 Å². The van der Waals surface area contributed by atoms with Gasteiger partial charge < -0.3 is 10.1 Å². The van der Waals surface area contributed by atoms with Gasteiger partial charge in [0.1, 0.15) is 11.5 Å². The lowest BCUT2D eigenvalue weighted by Crippen LogP contribution is -2.14. The van der Waals surface area contributed by atoms with Crippen LogP contribution in [0.5, 0.6) is 11.5 Å². The van der Waals surface area contributed by atoms with E-state index in [0.717, 1.165) is 10.5 Å². The minimum absolute atomic E-state index is 0.148. The number of nitrogens with zero attached hydrogens (tertiary/aromatic N) is 1. The van der Waals surface area contributed by atoms with Crippen LogP contribution in [0.2, 0.25) is 10.0 Å². The molecule has 0 fully saturated rings. The Kier molecular flexibility index (Phi) is 6.48. The van der Waals surface area contributed by atoms with Gasteiger partial charge in [0.25, 0.3) is 0 Å². The monoisotopic (exact) mass is 428 g/mol. The number of nitrogens with one attached hydrogen (secondary N) is 1. The zero-order valence-electron chi connectivity index (χ0n) is 14.4. The summed E-state index contributed by atoms with van der Waals surface area (Å²) in [6, 6.07) is 19.0. The number of hydrogen-bond donors (Lipinski definition) is 2. The van der Waals surface area contributed by atoms with Gasteiger partial charge in [0, 0.05) is 15.6 Å². The molecule has 3 rings (SSSR count). The van der Waals surface area contributed by atoms with Gasteiger partial charge in [0.15, 0.2) is 0 Å². The van der Waals surface area contributed by atoms with E-state index in [1.807, 2.05) is 6.07 Å². The first-order chi connectivity index (χ1) is 13.4. The number of halogens is 2. The van der Waals surface area contributed by atoms with Crippen molar-refractivity contribution < 1.29 is 9.53 Å². The molecule has 0 unspecified atom stereocenters. The maximum Gasteiger partial charge on any atom is 0.228 e. The third-order valence-corrected chi connectivity index (χ3v) is 4.57. The van der Waals surface area contributed by atoms with Gasteiger partial charge in [-0.15, -0.1) is 12.6 Å². The van der Waals surface area contributed by atoms with Crippen LogP contribution in [0.25, 0.3) is 0 Å². The van der Waals surface area contributed by atoms with E-state index in [1.54, 1.807) is 54.6 Å². The van der Waals surface area contributed by atoms with Gasteiger partial charge in [-0.2, -0.15) is 5.26 Å². The lowest BCUT2D eigenvalue weighted by atomic mass is 10.1. The molecule has 1 N–H and O–H groups in total.